The third-order valence-electron chi connectivity index (χ3n) is 4.21. The molecule has 0 saturated heterocycles. The number of amides is 1. The molecule has 0 atom stereocenters. The molecular formula is C14H23NO3. The summed E-state index contributed by atoms with van der Waals surface area (Å²) >= 11 is 0. The van der Waals surface area contributed by atoms with E-state index in [4.69, 9.17) is 0 Å². The Morgan fingerprint density at radius 2 is 1.61 bits per heavy atom. The summed E-state index contributed by atoms with van der Waals surface area (Å²) in [7, 11) is 0. The Kier molecular flexibility index (Phi) is 4.25. The summed E-state index contributed by atoms with van der Waals surface area (Å²) in [6.07, 6.45) is 8.83. The normalized spacial score (nSPS) is 23.8. The van der Waals surface area contributed by atoms with Crippen LogP contribution < -0.4 is 5.32 Å². The molecule has 0 aromatic heterocycles. The van der Waals surface area contributed by atoms with Crippen LogP contribution in [0.1, 0.15) is 64.2 Å². The molecule has 4 heteroatoms. The molecule has 102 valence electrons. The summed E-state index contributed by atoms with van der Waals surface area (Å²) < 4.78 is 0. The van der Waals surface area contributed by atoms with Gasteiger partial charge in [-0.25, -0.2) is 0 Å². The van der Waals surface area contributed by atoms with Gasteiger partial charge in [0.25, 0.3) is 0 Å². The summed E-state index contributed by atoms with van der Waals surface area (Å²) in [6, 6.07) is 0.317. The summed E-state index contributed by atoms with van der Waals surface area (Å²) in [6.45, 7) is 0. The second-order valence-electron chi connectivity index (χ2n) is 5.87. The molecule has 2 aliphatic carbocycles. The lowest BCUT2D eigenvalue weighted by atomic mass is 9.73. The van der Waals surface area contributed by atoms with E-state index in [1.807, 2.05) is 0 Å². The average Bonchev–Trinajstić information content (AvgIpc) is 3.05. The molecule has 0 radical (unpaired) electrons. The van der Waals surface area contributed by atoms with Crippen molar-refractivity contribution in [3.8, 4) is 0 Å². The van der Waals surface area contributed by atoms with Gasteiger partial charge in [0, 0.05) is 12.5 Å². The highest BCUT2D eigenvalue weighted by Crippen LogP contribution is 2.38. The minimum absolute atomic E-state index is 0.0690. The second kappa shape index (κ2) is 5.72. The van der Waals surface area contributed by atoms with E-state index in [1.165, 1.54) is 6.42 Å². The quantitative estimate of drug-likeness (QED) is 0.808. The van der Waals surface area contributed by atoms with Crippen LogP contribution >= 0.6 is 0 Å². The van der Waals surface area contributed by atoms with Crippen LogP contribution in [0.2, 0.25) is 0 Å². The molecule has 2 aliphatic rings. The van der Waals surface area contributed by atoms with Crippen LogP contribution in [0.25, 0.3) is 0 Å². The highest BCUT2D eigenvalue weighted by Gasteiger charge is 2.40. The van der Waals surface area contributed by atoms with Crippen molar-refractivity contribution in [1.29, 1.82) is 0 Å². The highest BCUT2D eigenvalue weighted by molar-refractivity contribution is 5.85. The van der Waals surface area contributed by atoms with Crippen LogP contribution in [0, 0.1) is 5.41 Å². The number of aliphatic carboxylic acids is 1. The van der Waals surface area contributed by atoms with Gasteiger partial charge in [0.15, 0.2) is 0 Å². The number of carboxylic acids is 1. The van der Waals surface area contributed by atoms with Gasteiger partial charge in [0.1, 0.15) is 0 Å². The minimum atomic E-state index is -0.806. The summed E-state index contributed by atoms with van der Waals surface area (Å²) in [5.74, 6) is -0.851. The third-order valence-corrected chi connectivity index (χ3v) is 4.21. The monoisotopic (exact) mass is 253 g/mol. The van der Waals surface area contributed by atoms with Gasteiger partial charge in [-0.05, 0) is 25.7 Å². The topological polar surface area (TPSA) is 66.4 Å². The van der Waals surface area contributed by atoms with E-state index in [9.17, 15) is 14.7 Å². The summed E-state index contributed by atoms with van der Waals surface area (Å²) in [5.41, 5.74) is -0.806. The van der Waals surface area contributed by atoms with Crippen molar-refractivity contribution in [2.75, 3.05) is 0 Å². The van der Waals surface area contributed by atoms with Crippen LogP contribution in [-0.4, -0.2) is 23.0 Å². The smallest absolute Gasteiger partial charge is 0.310 e. The standard InChI is InChI=1S/C14H23NO3/c16-12(15-11-6-7-11)10-14(13(17)18)8-4-2-1-3-5-9-14/h11H,1-10H2,(H,15,16)(H,17,18). The van der Waals surface area contributed by atoms with Crippen molar-refractivity contribution >= 4 is 11.9 Å². The van der Waals surface area contributed by atoms with Gasteiger partial charge in [-0.15, -0.1) is 0 Å². The van der Waals surface area contributed by atoms with E-state index in [-0.39, 0.29) is 12.3 Å². The number of carboxylic acid groups (broad SMARTS) is 1. The van der Waals surface area contributed by atoms with Crippen LogP contribution in [0.3, 0.4) is 0 Å². The Morgan fingerprint density at radius 3 is 2.11 bits per heavy atom. The fourth-order valence-electron chi connectivity index (χ4n) is 2.86. The molecule has 0 unspecified atom stereocenters. The highest BCUT2D eigenvalue weighted by atomic mass is 16.4. The molecule has 2 saturated carbocycles. The zero-order valence-electron chi connectivity index (χ0n) is 10.9. The fraction of sp³-hybridized carbons (Fsp3) is 0.857. The van der Waals surface area contributed by atoms with E-state index in [1.54, 1.807) is 0 Å². The SMILES string of the molecule is O=C(CC1(C(=O)O)CCCCCCC1)NC1CC1. The number of nitrogens with one attached hydrogen (secondary N) is 1. The van der Waals surface area contributed by atoms with Crippen LogP contribution in [-0.2, 0) is 9.59 Å². The summed E-state index contributed by atoms with van der Waals surface area (Å²) in [4.78, 5) is 23.5. The lowest BCUT2D eigenvalue weighted by molar-refractivity contribution is -0.153. The van der Waals surface area contributed by atoms with Gasteiger partial charge in [-0.2, -0.15) is 0 Å². The molecule has 0 aliphatic heterocycles. The summed E-state index contributed by atoms with van der Waals surface area (Å²) in [5, 5.41) is 12.4. The van der Waals surface area contributed by atoms with Gasteiger partial charge in [-0.1, -0.05) is 32.1 Å². The van der Waals surface area contributed by atoms with Crippen LogP contribution in [0.4, 0.5) is 0 Å². The van der Waals surface area contributed by atoms with Crippen molar-refractivity contribution in [3.05, 3.63) is 0 Å². The molecule has 2 rings (SSSR count). The Labute approximate surface area is 108 Å². The van der Waals surface area contributed by atoms with Crippen molar-refractivity contribution in [2.45, 2.75) is 70.3 Å². The Bertz CT molecular complexity index is 315. The zero-order chi connectivity index (χ0) is 13.0. The van der Waals surface area contributed by atoms with E-state index in [0.717, 1.165) is 38.5 Å². The first-order valence-corrected chi connectivity index (χ1v) is 7.15. The maximum absolute atomic E-state index is 11.9. The minimum Gasteiger partial charge on any atom is -0.481 e. The maximum atomic E-state index is 11.9. The molecule has 2 fully saturated rings. The number of rotatable bonds is 4. The first kappa shape index (κ1) is 13.4. The van der Waals surface area contributed by atoms with Crippen molar-refractivity contribution in [1.82, 2.24) is 5.32 Å². The number of hydrogen-bond donors (Lipinski definition) is 2. The number of carbonyl (C=O) groups is 2. The molecule has 1 amide bonds. The predicted octanol–water partition coefficient (Wildman–Crippen LogP) is 2.47. The number of carbonyl (C=O) groups excluding carboxylic acids is 1. The van der Waals surface area contributed by atoms with Gasteiger partial charge in [0.05, 0.1) is 5.41 Å². The third kappa shape index (κ3) is 3.47. The molecular weight excluding hydrogens is 230 g/mol. The molecule has 2 N–H and O–H groups in total. The van der Waals surface area contributed by atoms with Gasteiger partial charge in [0.2, 0.25) is 5.91 Å². The lowest BCUT2D eigenvalue weighted by Crippen LogP contribution is -2.38. The van der Waals surface area contributed by atoms with Gasteiger partial charge < -0.3 is 10.4 Å². The van der Waals surface area contributed by atoms with E-state index >= 15 is 0 Å². The van der Waals surface area contributed by atoms with Gasteiger partial charge >= 0.3 is 5.97 Å². The fourth-order valence-corrected chi connectivity index (χ4v) is 2.86. The first-order chi connectivity index (χ1) is 8.62. The molecule has 0 bridgehead atoms. The molecule has 0 heterocycles. The lowest BCUT2D eigenvalue weighted by Gasteiger charge is -2.30. The average molecular weight is 253 g/mol. The van der Waals surface area contributed by atoms with E-state index in [2.05, 4.69) is 5.32 Å². The maximum Gasteiger partial charge on any atom is 0.310 e. The second-order valence-corrected chi connectivity index (χ2v) is 5.87. The van der Waals surface area contributed by atoms with E-state index < -0.39 is 11.4 Å². The first-order valence-electron chi connectivity index (χ1n) is 7.15. The van der Waals surface area contributed by atoms with E-state index in [0.29, 0.717) is 18.9 Å². The van der Waals surface area contributed by atoms with Gasteiger partial charge in [-0.3, -0.25) is 9.59 Å². The molecule has 18 heavy (non-hydrogen) atoms. The van der Waals surface area contributed by atoms with Crippen molar-refractivity contribution in [2.24, 2.45) is 5.41 Å². The Balaban J connectivity index is 1.98. The molecule has 0 aromatic rings. The van der Waals surface area contributed by atoms with Crippen LogP contribution in [0.15, 0.2) is 0 Å². The van der Waals surface area contributed by atoms with Crippen LogP contribution in [0.5, 0.6) is 0 Å². The molecule has 0 aromatic carbocycles. The molecule has 0 spiro atoms. The Hall–Kier alpha value is -1.06. The zero-order valence-corrected chi connectivity index (χ0v) is 10.9. The number of hydrogen-bond acceptors (Lipinski definition) is 2. The Morgan fingerprint density at radius 1 is 1.06 bits per heavy atom. The predicted molar refractivity (Wildman–Crippen MR) is 68.2 cm³/mol. The van der Waals surface area contributed by atoms with Crippen molar-refractivity contribution < 1.29 is 14.7 Å². The molecule has 4 nitrogen and oxygen atoms in total. The largest absolute Gasteiger partial charge is 0.481 e. The van der Waals surface area contributed by atoms with Crippen molar-refractivity contribution in [3.63, 3.8) is 0 Å².